The lowest BCUT2D eigenvalue weighted by molar-refractivity contribution is 0.192. The second-order valence-electron chi connectivity index (χ2n) is 8.86. The quantitative estimate of drug-likeness (QED) is 0.536. The van der Waals surface area contributed by atoms with Crippen molar-refractivity contribution >= 4 is 16.9 Å². The molecule has 2 heterocycles. The molecule has 3 aromatic rings. The average Bonchev–Trinajstić information content (AvgIpc) is 3.16. The molecule has 6 nitrogen and oxygen atoms in total. The van der Waals surface area contributed by atoms with Crippen molar-refractivity contribution in [2.45, 2.75) is 52.7 Å². The van der Waals surface area contributed by atoms with Crippen molar-refractivity contribution in [2.75, 3.05) is 7.11 Å². The fraction of sp³-hybridized carbons (Fsp3) is 0.400. The number of hydrogen-bond acceptors (Lipinski definition) is 6. The van der Waals surface area contributed by atoms with Gasteiger partial charge in [-0.3, -0.25) is 5.43 Å². The van der Waals surface area contributed by atoms with Crippen molar-refractivity contribution in [3.63, 3.8) is 0 Å². The summed E-state index contributed by atoms with van der Waals surface area (Å²) in [6.07, 6.45) is 4.00. The number of nitrogens with zero attached hydrogens (tertiary/aromatic N) is 3. The summed E-state index contributed by atoms with van der Waals surface area (Å²) in [6, 6.07) is 16.4. The number of fused-ring (bicyclic) bond motifs is 1. The molecule has 162 valence electrons. The standard InChI is InChI=1S/C25H30N4O2/c1-17-28-29-22(31-17)16-25(2,3)14-8-10-18-9-7-11-19(15-18)23-24(30-4)27-21-13-6-5-12-20(21)26-23/h5-7,9,11-13,15,17,28H,8,10,14,16H2,1-4H3. The maximum atomic E-state index is 5.69. The summed E-state index contributed by atoms with van der Waals surface area (Å²) in [5.41, 5.74) is 7.89. The number of para-hydroxylation sites is 2. The van der Waals surface area contributed by atoms with Crippen LogP contribution in [0.4, 0.5) is 0 Å². The Morgan fingerprint density at radius 3 is 2.55 bits per heavy atom. The number of nitrogens with one attached hydrogen (secondary N) is 1. The molecule has 1 aliphatic heterocycles. The minimum atomic E-state index is -0.0243. The Hall–Kier alpha value is -3.15. The minimum absolute atomic E-state index is 0.0243. The zero-order chi connectivity index (χ0) is 21.8. The van der Waals surface area contributed by atoms with E-state index in [0.29, 0.717) is 5.88 Å². The van der Waals surface area contributed by atoms with E-state index >= 15 is 0 Å². The minimum Gasteiger partial charge on any atom is -0.479 e. The highest BCUT2D eigenvalue weighted by atomic mass is 16.5. The van der Waals surface area contributed by atoms with E-state index in [0.717, 1.165) is 53.9 Å². The molecule has 0 fully saturated rings. The van der Waals surface area contributed by atoms with Crippen LogP contribution in [0.5, 0.6) is 5.88 Å². The second-order valence-corrected chi connectivity index (χ2v) is 8.86. The monoisotopic (exact) mass is 418 g/mol. The fourth-order valence-electron chi connectivity index (χ4n) is 3.96. The number of rotatable bonds is 8. The zero-order valence-electron chi connectivity index (χ0n) is 18.7. The molecule has 6 heteroatoms. The maximum absolute atomic E-state index is 5.69. The Labute approximate surface area is 183 Å². The summed E-state index contributed by atoms with van der Waals surface area (Å²) in [7, 11) is 1.64. The Bertz CT molecular complexity index is 1090. The van der Waals surface area contributed by atoms with E-state index in [2.05, 4.69) is 53.6 Å². The molecule has 4 rings (SSSR count). The third-order valence-corrected chi connectivity index (χ3v) is 5.56. The summed E-state index contributed by atoms with van der Waals surface area (Å²) in [4.78, 5) is 9.46. The van der Waals surface area contributed by atoms with Crippen molar-refractivity contribution in [1.82, 2.24) is 15.4 Å². The van der Waals surface area contributed by atoms with Crippen LogP contribution >= 0.6 is 0 Å². The van der Waals surface area contributed by atoms with Crippen molar-refractivity contribution in [2.24, 2.45) is 10.5 Å². The van der Waals surface area contributed by atoms with E-state index in [4.69, 9.17) is 14.5 Å². The predicted molar refractivity (Wildman–Crippen MR) is 124 cm³/mol. The molecule has 0 saturated heterocycles. The highest BCUT2D eigenvalue weighted by Crippen LogP contribution is 2.31. The molecule has 0 radical (unpaired) electrons. The molecule has 1 aliphatic rings. The molecule has 2 aromatic carbocycles. The van der Waals surface area contributed by atoms with Crippen molar-refractivity contribution in [3.05, 3.63) is 54.1 Å². The normalized spacial score (nSPS) is 16.0. The van der Waals surface area contributed by atoms with Gasteiger partial charge >= 0.3 is 0 Å². The van der Waals surface area contributed by atoms with Gasteiger partial charge in [0.1, 0.15) is 5.69 Å². The largest absolute Gasteiger partial charge is 0.479 e. The van der Waals surface area contributed by atoms with Gasteiger partial charge in [-0.1, -0.05) is 44.2 Å². The molecule has 1 atom stereocenters. The summed E-state index contributed by atoms with van der Waals surface area (Å²) in [6.45, 7) is 6.51. The van der Waals surface area contributed by atoms with Crippen LogP contribution in [-0.4, -0.2) is 29.2 Å². The molecule has 1 aromatic heterocycles. The first-order chi connectivity index (χ1) is 14.9. The summed E-state index contributed by atoms with van der Waals surface area (Å²) in [5, 5.41) is 4.27. The lowest BCUT2D eigenvalue weighted by Crippen LogP contribution is -2.20. The zero-order valence-corrected chi connectivity index (χ0v) is 18.7. The van der Waals surface area contributed by atoms with Crippen molar-refractivity contribution < 1.29 is 9.47 Å². The van der Waals surface area contributed by atoms with Gasteiger partial charge in [0.15, 0.2) is 6.23 Å². The highest BCUT2D eigenvalue weighted by Gasteiger charge is 2.25. The summed E-state index contributed by atoms with van der Waals surface area (Å²) < 4.78 is 11.2. The third kappa shape index (κ3) is 5.13. The topological polar surface area (TPSA) is 68.6 Å². The first-order valence-electron chi connectivity index (χ1n) is 10.8. The van der Waals surface area contributed by atoms with E-state index in [1.807, 2.05) is 31.2 Å². The molecule has 1 unspecified atom stereocenters. The van der Waals surface area contributed by atoms with Gasteiger partial charge in [-0.05, 0) is 55.4 Å². The second kappa shape index (κ2) is 8.92. The molecule has 0 bridgehead atoms. The van der Waals surface area contributed by atoms with Gasteiger partial charge in [0, 0.05) is 12.0 Å². The highest BCUT2D eigenvalue weighted by molar-refractivity contribution is 5.80. The molecule has 0 spiro atoms. The van der Waals surface area contributed by atoms with Gasteiger partial charge < -0.3 is 9.47 Å². The molecular weight excluding hydrogens is 388 g/mol. The van der Waals surface area contributed by atoms with Gasteiger partial charge in [-0.25, -0.2) is 9.97 Å². The molecule has 31 heavy (non-hydrogen) atoms. The van der Waals surface area contributed by atoms with Crippen molar-refractivity contribution in [3.8, 4) is 17.1 Å². The predicted octanol–water partition coefficient (Wildman–Crippen LogP) is 5.32. The van der Waals surface area contributed by atoms with Crippen LogP contribution in [0, 0.1) is 5.41 Å². The number of methoxy groups -OCH3 is 1. The third-order valence-electron chi connectivity index (χ3n) is 5.56. The van der Waals surface area contributed by atoms with Gasteiger partial charge in [0.25, 0.3) is 0 Å². The first-order valence-corrected chi connectivity index (χ1v) is 10.8. The average molecular weight is 419 g/mol. The Balaban J connectivity index is 1.45. The van der Waals surface area contributed by atoms with Crippen LogP contribution in [0.1, 0.15) is 45.6 Å². The number of benzene rings is 2. The lowest BCUT2D eigenvalue weighted by Gasteiger charge is -2.24. The number of hydrazone groups is 1. The molecule has 1 N–H and O–H groups in total. The van der Waals surface area contributed by atoms with Crippen LogP contribution < -0.4 is 10.2 Å². The van der Waals surface area contributed by atoms with Crippen LogP contribution in [0.3, 0.4) is 0 Å². The molecule has 0 aliphatic carbocycles. The van der Waals surface area contributed by atoms with Gasteiger partial charge in [0.05, 0.1) is 18.1 Å². The van der Waals surface area contributed by atoms with Crippen molar-refractivity contribution in [1.29, 1.82) is 0 Å². The van der Waals surface area contributed by atoms with E-state index in [-0.39, 0.29) is 11.6 Å². The van der Waals surface area contributed by atoms with E-state index in [1.54, 1.807) is 7.11 Å². The van der Waals surface area contributed by atoms with Crippen LogP contribution in [0.25, 0.3) is 22.3 Å². The number of aryl methyl sites for hydroxylation is 1. The molecule has 0 saturated carbocycles. The van der Waals surface area contributed by atoms with Crippen LogP contribution in [0.2, 0.25) is 0 Å². The first kappa shape index (κ1) is 21.1. The number of hydrogen-bond donors (Lipinski definition) is 1. The van der Waals surface area contributed by atoms with Gasteiger partial charge in [-0.2, -0.15) is 0 Å². The number of ether oxygens (including phenoxy) is 2. The molecular formula is C25H30N4O2. The smallest absolute Gasteiger partial charge is 0.240 e. The molecule has 0 amide bonds. The summed E-state index contributed by atoms with van der Waals surface area (Å²) >= 11 is 0. The van der Waals surface area contributed by atoms with Crippen LogP contribution in [-0.2, 0) is 11.2 Å². The van der Waals surface area contributed by atoms with Crippen LogP contribution in [0.15, 0.2) is 53.6 Å². The van der Waals surface area contributed by atoms with Gasteiger partial charge in [-0.15, -0.1) is 5.10 Å². The van der Waals surface area contributed by atoms with E-state index in [1.165, 1.54) is 5.56 Å². The Kier molecular flexibility index (Phi) is 6.07. The SMILES string of the molecule is COc1nc2ccccc2nc1-c1cccc(CCCC(C)(C)CC2=NNC(C)O2)c1. The van der Waals surface area contributed by atoms with Gasteiger partial charge in [0.2, 0.25) is 11.8 Å². The Morgan fingerprint density at radius 1 is 1.06 bits per heavy atom. The fourth-order valence-corrected chi connectivity index (χ4v) is 3.96. The van der Waals surface area contributed by atoms with E-state index < -0.39 is 0 Å². The maximum Gasteiger partial charge on any atom is 0.240 e. The summed E-state index contributed by atoms with van der Waals surface area (Å²) in [5.74, 6) is 1.36. The number of aromatic nitrogens is 2. The van der Waals surface area contributed by atoms with E-state index in [9.17, 15) is 0 Å². The lowest BCUT2D eigenvalue weighted by atomic mass is 9.83. The Morgan fingerprint density at radius 2 is 1.84 bits per heavy atom.